The maximum absolute atomic E-state index is 11.7. The molecule has 20 heavy (non-hydrogen) atoms. The Morgan fingerprint density at radius 1 is 1.20 bits per heavy atom. The molecule has 0 spiro atoms. The van der Waals surface area contributed by atoms with Gasteiger partial charge in [-0.15, -0.1) is 0 Å². The van der Waals surface area contributed by atoms with Crippen molar-refractivity contribution in [1.82, 2.24) is 0 Å². The molecule has 0 atom stereocenters. The highest BCUT2D eigenvalue weighted by molar-refractivity contribution is 5.92. The van der Waals surface area contributed by atoms with E-state index in [2.05, 4.69) is 0 Å². The summed E-state index contributed by atoms with van der Waals surface area (Å²) in [4.78, 5) is 22.7. The van der Waals surface area contributed by atoms with Gasteiger partial charge in [-0.25, -0.2) is 9.59 Å². The molecule has 0 saturated heterocycles. The predicted molar refractivity (Wildman–Crippen MR) is 71.8 cm³/mol. The number of nitrogen functional groups attached to an aromatic ring is 1. The zero-order valence-corrected chi connectivity index (χ0v) is 11.0. The first-order valence-electron chi connectivity index (χ1n) is 6.57. The zero-order chi connectivity index (χ0) is 14.5. The lowest BCUT2D eigenvalue weighted by Crippen LogP contribution is -2.23. The summed E-state index contributed by atoms with van der Waals surface area (Å²) in [5.74, 6) is -1.27. The third-order valence-electron chi connectivity index (χ3n) is 3.24. The average molecular weight is 279 g/mol. The summed E-state index contributed by atoms with van der Waals surface area (Å²) >= 11 is 0. The van der Waals surface area contributed by atoms with Crippen molar-refractivity contribution in [3.63, 3.8) is 0 Å². The van der Waals surface area contributed by atoms with Crippen LogP contribution in [-0.4, -0.2) is 23.3 Å². The Kier molecular flexibility index (Phi) is 4.45. The van der Waals surface area contributed by atoms with Gasteiger partial charge in [0, 0.05) is 5.69 Å². The smallest absolute Gasteiger partial charge is 0.478 e. The summed E-state index contributed by atoms with van der Waals surface area (Å²) in [6, 6.07) is 4.06. The zero-order valence-electron chi connectivity index (χ0n) is 11.0. The van der Waals surface area contributed by atoms with Crippen LogP contribution >= 0.6 is 0 Å². The summed E-state index contributed by atoms with van der Waals surface area (Å²) < 4.78 is 10.1. The van der Waals surface area contributed by atoms with Crippen LogP contribution in [0, 0.1) is 0 Å². The molecule has 2 rings (SSSR count). The number of aromatic carboxylic acids is 1. The number of hydrogen-bond donors (Lipinski definition) is 2. The molecule has 0 radical (unpaired) electrons. The molecule has 1 fully saturated rings. The molecular formula is C14H17NO5. The molecule has 1 saturated carbocycles. The van der Waals surface area contributed by atoms with Crippen LogP contribution in [0.4, 0.5) is 10.5 Å². The first-order valence-corrected chi connectivity index (χ1v) is 6.57. The monoisotopic (exact) mass is 279 g/mol. The van der Waals surface area contributed by atoms with Crippen molar-refractivity contribution in [2.45, 2.75) is 38.2 Å². The van der Waals surface area contributed by atoms with Gasteiger partial charge in [0.1, 0.15) is 17.4 Å². The van der Waals surface area contributed by atoms with E-state index in [1.165, 1.54) is 18.2 Å². The fraction of sp³-hybridized carbons (Fsp3) is 0.429. The topological polar surface area (TPSA) is 98.9 Å². The first-order chi connectivity index (χ1) is 9.56. The molecule has 1 aromatic carbocycles. The van der Waals surface area contributed by atoms with Gasteiger partial charge in [-0.3, -0.25) is 0 Å². The van der Waals surface area contributed by atoms with Crippen molar-refractivity contribution in [2.24, 2.45) is 0 Å². The van der Waals surface area contributed by atoms with Crippen molar-refractivity contribution in [2.75, 3.05) is 5.73 Å². The number of rotatable bonds is 3. The minimum atomic E-state index is -1.21. The lowest BCUT2D eigenvalue weighted by atomic mass is 9.98. The van der Waals surface area contributed by atoms with Gasteiger partial charge >= 0.3 is 12.1 Å². The second kappa shape index (κ2) is 6.27. The van der Waals surface area contributed by atoms with E-state index < -0.39 is 12.1 Å². The number of ether oxygens (including phenoxy) is 2. The predicted octanol–water partition coefficient (Wildman–Crippen LogP) is 2.82. The number of carbonyl (C=O) groups excluding carboxylic acids is 1. The minimum Gasteiger partial charge on any atom is -0.478 e. The van der Waals surface area contributed by atoms with Crippen molar-refractivity contribution in [3.8, 4) is 5.75 Å². The van der Waals surface area contributed by atoms with E-state index in [4.69, 9.17) is 20.3 Å². The van der Waals surface area contributed by atoms with E-state index in [0.29, 0.717) is 0 Å². The number of carboxylic acid groups (broad SMARTS) is 1. The van der Waals surface area contributed by atoms with Gasteiger partial charge in [0.05, 0.1) is 0 Å². The van der Waals surface area contributed by atoms with Crippen LogP contribution in [0.15, 0.2) is 18.2 Å². The van der Waals surface area contributed by atoms with Gasteiger partial charge in [-0.1, -0.05) is 6.42 Å². The van der Waals surface area contributed by atoms with E-state index in [0.717, 1.165) is 32.1 Å². The molecule has 6 heteroatoms. The molecule has 0 amide bonds. The number of carbonyl (C=O) groups is 2. The molecule has 0 heterocycles. The first kappa shape index (κ1) is 14.2. The highest BCUT2D eigenvalue weighted by Gasteiger charge is 2.21. The standard InChI is InChI=1S/C14H17NO5/c15-9-6-7-12(11(8-9)13(16)17)20-14(18)19-10-4-2-1-3-5-10/h6-8,10H,1-5,15H2,(H,16,17). The largest absolute Gasteiger partial charge is 0.514 e. The molecule has 1 aromatic rings. The molecule has 0 unspecified atom stereocenters. The Balaban J connectivity index is 2.01. The number of carboxylic acids is 1. The highest BCUT2D eigenvalue weighted by atomic mass is 16.7. The second-order valence-electron chi connectivity index (χ2n) is 4.79. The molecule has 0 aliphatic heterocycles. The van der Waals surface area contributed by atoms with Gasteiger partial charge in [-0.05, 0) is 43.9 Å². The van der Waals surface area contributed by atoms with Crippen LogP contribution in [-0.2, 0) is 4.74 Å². The Bertz CT molecular complexity index is 508. The fourth-order valence-corrected chi connectivity index (χ4v) is 2.24. The average Bonchev–Trinajstić information content (AvgIpc) is 2.41. The molecule has 3 N–H and O–H groups in total. The number of nitrogens with two attached hydrogens (primary N) is 1. The van der Waals surface area contributed by atoms with Gasteiger partial charge in [0.2, 0.25) is 0 Å². The second-order valence-corrected chi connectivity index (χ2v) is 4.79. The van der Waals surface area contributed by atoms with Crippen LogP contribution < -0.4 is 10.5 Å². The maximum Gasteiger partial charge on any atom is 0.514 e. The van der Waals surface area contributed by atoms with E-state index in [-0.39, 0.29) is 23.1 Å². The third-order valence-corrected chi connectivity index (χ3v) is 3.24. The summed E-state index contributed by atoms with van der Waals surface area (Å²) in [5.41, 5.74) is 5.64. The van der Waals surface area contributed by atoms with Crippen molar-refractivity contribution < 1.29 is 24.2 Å². The number of benzene rings is 1. The van der Waals surface area contributed by atoms with Crippen molar-refractivity contribution >= 4 is 17.8 Å². The van der Waals surface area contributed by atoms with Crippen LogP contribution in [0.1, 0.15) is 42.5 Å². The normalized spacial score (nSPS) is 15.6. The Hall–Kier alpha value is -2.24. The molecule has 1 aliphatic rings. The Morgan fingerprint density at radius 2 is 1.90 bits per heavy atom. The summed E-state index contributed by atoms with van der Waals surface area (Å²) in [6.45, 7) is 0. The van der Waals surface area contributed by atoms with E-state index in [1.54, 1.807) is 0 Å². The molecule has 1 aliphatic carbocycles. The maximum atomic E-state index is 11.7. The Labute approximate surface area is 116 Å². The van der Waals surface area contributed by atoms with Gasteiger partial charge in [0.15, 0.2) is 0 Å². The quantitative estimate of drug-likeness (QED) is 0.501. The number of hydrogen-bond acceptors (Lipinski definition) is 5. The SMILES string of the molecule is Nc1ccc(OC(=O)OC2CCCCC2)c(C(=O)O)c1. The van der Waals surface area contributed by atoms with Gasteiger partial charge in [-0.2, -0.15) is 0 Å². The molecular weight excluding hydrogens is 262 g/mol. The summed E-state index contributed by atoms with van der Waals surface area (Å²) in [5, 5.41) is 9.04. The lowest BCUT2D eigenvalue weighted by molar-refractivity contribution is 0.0412. The third kappa shape index (κ3) is 3.63. The lowest BCUT2D eigenvalue weighted by Gasteiger charge is -2.21. The van der Waals surface area contributed by atoms with Gasteiger partial charge in [0.25, 0.3) is 0 Å². The molecule has 0 aromatic heterocycles. The number of anilines is 1. The van der Waals surface area contributed by atoms with Crippen LogP contribution in [0.25, 0.3) is 0 Å². The van der Waals surface area contributed by atoms with Crippen LogP contribution in [0.2, 0.25) is 0 Å². The summed E-state index contributed by atoms with van der Waals surface area (Å²) in [6.07, 6.45) is 3.84. The molecule has 6 nitrogen and oxygen atoms in total. The fourth-order valence-electron chi connectivity index (χ4n) is 2.24. The van der Waals surface area contributed by atoms with E-state index in [1.807, 2.05) is 0 Å². The minimum absolute atomic E-state index is 0.0625. The summed E-state index contributed by atoms with van der Waals surface area (Å²) in [7, 11) is 0. The van der Waals surface area contributed by atoms with Crippen molar-refractivity contribution in [3.05, 3.63) is 23.8 Å². The molecule has 0 bridgehead atoms. The van der Waals surface area contributed by atoms with E-state index in [9.17, 15) is 9.59 Å². The molecule has 108 valence electrons. The van der Waals surface area contributed by atoms with Crippen molar-refractivity contribution in [1.29, 1.82) is 0 Å². The highest BCUT2D eigenvalue weighted by Crippen LogP contribution is 2.24. The van der Waals surface area contributed by atoms with Gasteiger partial charge < -0.3 is 20.3 Å². The Morgan fingerprint density at radius 3 is 2.55 bits per heavy atom. The van der Waals surface area contributed by atoms with Crippen LogP contribution in [0.5, 0.6) is 5.75 Å². The van der Waals surface area contributed by atoms with Crippen LogP contribution in [0.3, 0.4) is 0 Å². The van der Waals surface area contributed by atoms with E-state index >= 15 is 0 Å².